The Morgan fingerprint density at radius 3 is 2.61 bits per heavy atom. The normalized spacial score (nSPS) is 12.7. The van der Waals surface area contributed by atoms with Crippen LogP contribution >= 0.6 is 0 Å². The highest BCUT2D eigenvalue weighted by atomic mass is 19.4. The van der Waals surface area contributed by atoms with Crippen LogP contribution in [0.3, 0.4) is 0 Å². The van der Waals surface area contributed by atoms with Gasteiger partial charge < -0.3 is 28.8 Å². The number of fused-ring (bicyclic) bond motifs is 1. The quantitative estimate of drug-likeness (QED) is 0.341. The summed E-state index contributed by atoms with van der Waals surface area (Å²) in [6.45, 7) is 1.33. The fraction of sp³-hybridized carbons (Fsp3) is 0.273. The highest BCUT2D eigenvalue weighted by Crippen LogP contribution is 2.32. The van der Waals surface area contributed by atoms with Crippen LogP contribution in [0.1, 0.15) is 5.89 Å². The predicted molar refractivity (Wildman–Crippen MR) is 111 cm³/mol. The van der Waals surface area contributed by atoms with Crippen molar-refractivity contribution in [3.05, 3.63) is 60.5 Å². The van der Waals surface area contributed by atoms with Gasteiger partial charge in [0.05, 0.1) is 0 Å². The molecule has 0 amide bonds. The van der Waals surface area contributed by atoms with E-state index >= 15 is 0 Å². The molecule has 0 spiro atoms. The Balaban J connectivity index is 1.23. The molecule has 33 heavy (non-hydrogen) atoms. The van der Waals surface area contributed by atoms with E-state index in [1.54, 1.807) is 18.2 Å². The Bertz CT molecular complexity index is 1180. The molecule has 2 heterocycles. The van der Waals surface area contributed by atoms with Crippen LogP contribution in [0.4, 0.5) is 13.2 Å². The van der Waals surface area contributed by atoms with Gasteiger partial charge in [-0.05, 0) is 36.4 Å². The first-order chi connectivity index (χ1) is 15.9. The molecule has 0 aliphatic rings. The van der Waals surface area contributed by atoms with Gasteiger partial charge in [-0.3, -0.25) is 0 Å². The molecule has 2 N–H and O–H groups in total. The van der Waals surface area contributed by atoms with Crippen LogP contribution in [0.2, 0.25) is 0 Å². The summed E-state index contributed by atoms with van der Waals surface area (Å²) in [5, 5.41) is 17.0. The number of aliphatic hydroxyl groups excluding tert-OH is 1. The Morgan fingerprint density at radius 1 is 1.03 bits per heavy atom. The van der Waals surface area contributed by atoms with E-state index in [9.17, 15) is 18.3 Å². The molecule has 0 saturated heterocycles. The van der Waals surface area contributed by atoms with Gasteiger partial charge in [0, 0.05) is 18.5 Å². The Kier molecular flexibility index (Phi) is 6.80. The molecule has 0 fully saturated rings. The van der Waals surface area contributed by atoms with Gasteiger partial charge in [-0.15, -0.1) is 0 Å². The van der Waals surface area contributed by atoms with Gasteiger partial charge in [-0.1, -0.05) is 23.4 Å². The second-order valence-corrected chi connectivity index (χ2v) is 7.06. The van der Waals surface area contributed by atoms with E-state index < -0.39 is 18.2 Å². The number of benzene rings is 2. The molecule has 4 rings (SSSR count). The number of para-hydroxylation sites is 1. The monoisotopic (exact) mass is 463 g/mol. The second kappa shape index (κ2) is 9.92. The second-order valence-electron chi connectivity index (χ2n) is 7.06. The van der Waals surface area contributed by atoms with Gasteiger partial charge in [-0.2, -0.15) is 18.2 Å². The number of hydrogen-bond donors (Lipinski definition) is 2. The van der Waals surface area contributed by atoms with E-state index in [-0.39, 0.29) is 18.2 Å². The van der Waals surface area contributed by atoms with E-state index in [4.69, 9.17) is 13.9 Å². The van der Waals surface area contributed by atoms with Gasteiger partial charge in [0.2, 0.25) is 5.82 Å². The van der Waals surface area contributed by atoms with Crippen LogP contribution in [-0.2, 0) is 6.18 Å². The number of hydrogen-bond acceptors (Lipinski definition) is 8. The van der Waals surface area contributed by atoms with Crippen LogP contribution in [-0.4, -0.2) is 47.7 Å². The summed E-state index contributed by atoms with van der Waals surface area (Å²) in [5.41, 5.74) is 0.440. The van der Waals surface area contributed by atoms with Crippen molar-refractivity contribution in [2.24, 2.45) is 0 Å². The lowest BCUT2D eigenvalue weighted by molar-refractivity contribution is -0.159. The first-order valence-electron chi connectivity index (χ1n) is 10.0. The van der Waals surface area contributed by atoms with Crippen LogP contribution in [0.25, 0.3) is 22.6 Å². The van der Waals surface area contributed by atoms with Crippen molar-refractivity contribution in [1.82, 2.24) is 15.5 Å². The minimum absolute atomic E-state index is 0.0507. The first kappa shape index (κ1) is 22.6. The lowest BCUT2D eigenvalue weighted by atomic mass is 10.2. The van der Waals surface area contributed by atoms with Gasteiger partial charge >= 0.3 is 12.1 Å². The van der Waals surface area contributed by atoms with Crippen molar-refractivity contribution in [2.75, 3.05) is 26.3 Å². The van der Waals surface area contributed by atoms with Gasteiger partial charge in [0.1, 0.15) is 36.4 Å². The summed E-state index contributed by atoms with van der Waals surface area (Å²) in [4.78, 5) is 3.32. The van der Waals surface area contributed by atoms with E-state index in [0.29, 0.717) is 42.2 Å². The third kappa shape index (κ3) is 6.02. The fourth-order valence-electron chi connectivity index (χ4n) is 2.94. The summed E-state index contributed by atoms with van der Waals surface area (Å²) < 4.78 is 58.8. The summed E-state index contributed by atoms with van der Waals surface area (Å²) in [6.07, 6.45) is -5.40. The molecule has 0 aliphatic carbocycles. The largest absolute Gasteiger partial charge is 0.492 e. The molecule has 8 nitrogen and oxygen atoms in total. The molecule has 0 bridgehead atoms. The maximum Gasteiger partial charge on any atom is 0.471 e. The summed E-state index contributed by atoms with van der Waals surface area (Å²) in [6, 6.07) is 15.7. The van der Waals surface area contributed by atoms with E-state index in [1.807, 2.05) is 30.3 Å². The molecule has 1 atom stereocenters. The van der Waals surface area contributed by atoms with Crippen molar-refractivity contribution in [3.8, 4) is 23.1 Å². The smallest absolute Gasteiger partial charge is 0.471 e. The van der Waals surface area contributed by atoms with Crippen molar-refractivity contribution in [2.45, 2.75) is 12.3 Å². The zero-order chi connectivity index (χ0) is 23.3. The van der Waals surface area contributed by atoms with Crippen molar-refractivity contribution < 1.29 is 36.7 Å². The number of nitrogens with one attached hydrogen (secondary N) is 1. The number of ether oxygens (including phenoxy) is 2. The topological polar surface area (TPSA) is 103 Å². The minimum Gasteiger partial charge on any atom is -0.492 e. The summed E-state index contributed by atoms with van der Waals surface area (Å²) >= 11 is 0. The molecular formula is C22H20F3N3O5. The maximum atomic E-state index is 12.6. The molecule has 2 aromatic carbocycles. The van der Waals surface area contributed by atoms with Crippen LogP contribution in [0, 0.1) is 0 Å². The molecular weight excluding hydrogens is 443 g/mol. The van der Waals surface area contributed by atoms with E-state index in [2.05, 4.69) is 20.0 Å². The minimum atomic E-state index is -4.72. The van der Waals surface area contributed by atoms with Gasteiger partial charge in [0.25, 0.3) is 0 Å². The van der Waals surface area contributed by atoms with Crippen molar-refractivity contribution >= 4 is 11.0 Å². The first-order valence-corrected chi connectivity index (χ1v) is 10.0. The Morgan fingerprint density at radius 2 is 1.85 bits per heavy atom. The number of aromatic nitrogens is 2. The lowest BCUT2D eigenvalue weighted by Gasteiger charge is -2.13. The highest BCUT2D eigenvalue weighted by Gasteiger charge is 2.38. The van der Waals surface area contributed by atoms with Crippen molar-refractivity contribution in [1.29, 1.82) is 0 Å². The van der Waals surface area contributed by atoms with E-state index in [1.165, 1.54) is 6.07 Å². The Labute approximate surface area is 185 Å². The van der Waals surface area contributed by atoms with Crippen molar-refractivity contribution in [3.63, 3.8) is 0 Å². The molecule has 0 unspecified atom stereocenters. The average Bonchev–Trinajstić information content (AvgIpc) is 3.45. The van der Waals surface area contributed by atoms with Gasteiger partial charge in [-0.25, -0.2) is 0 Å². The number of furan rings is 1. The van der Waals surface area contributed by atoms with Crippen LogP contribution in [0.5, 0.6) is 11.5 Å². The average molecular weight is 463 g/mol. The van der Waals surface area contributed by atoms with Crippen LogP contribution < -0.4 is 14.8 Å². The number of rotatable bonds is 10. The van der Waals surface area contributed by atoms with E-state index in [0.717, 1.165) is 0 Å². The fourth-order valence-corrected chi connectivity index (χ4v) is 2.94. The molecule has 2 aromatic heterocycles. The summed E-state index contributed by atoms with van der Waals surface area (Å²) in [5.74, 6) is -0.437. The third-order valence-electron chi connectivity index (χ3n) is 4.49. The SMILES string of the molecule is O[C@@H](CNCCOc1ccc2oc(-c3noc(C(F)(F)F)n3)cc2c1)COc1ccccc1. The molecule has 0 aliphatic heterocycles. The molecule has 0 saturated carbocycles. The highest BCUT2D eigenvalue weighted by molar-refractivity contribution is 5.83. The molecule has 0 radical (unpaired) electrons. The molecule has 4 aromatic rings. The third-order valence-corrected chi connectivity index (χ3v) is 4.49. The zero-order valence-corrected chi connectivity index (χ0v) is 17.2. The maximum absolute atomic E-state index is 12.6. The van der Waals surface area contributed by atoms with Gasteiger partial charge in [0.15, 0.2) is 5.76 Å². The number of halogens is 3. The zero-order valence-electron chi connectivity index (χ0n) is 17.2. The molecule has 11 heteroatoms. The Hall–Kier alpha value is -3.57. The molecule has 174 valence electrons. The van der Waals surface area contributed by atoms with Crippen LogP contribution in [0.15, 0.2) is 63.5 Å². The number of nitrogens with zero attached hydrogens (tertiary/aromatic N) is 2. The number of alkyl halides is 3. The lowest BCUT2D eigenvalue weighted by Crippen LogP contribution is -2.33. The summed E-state index contributed by atoms with van der Waals surface area (Å²) in [7, 11) is 0. The number of aliphatic hydroxyl groups is 1. The standard InChI is InChI=1S/C22H20F3N3O5/c23-22(24,25)21-27-20(28-33-21)19-11-14-10-17(6-7-18(14)32-19)30-9-8-26-12-15(29)13-31-16-4-2-1-3-5-16/h1-7,10-11,15,26,29H,8-9,12-13H2/t15-/m0/s1. The predicted octanol–water partition coefficient (Wildman–Crippen LogP) is 3.91.